The van der Waals surface area contributed by atoms with Gasteiger partial charge in [0.25, 0.3) is 0 Å². The van der Waals surface area contributed by atoms with E-state index in [2.05, 4.69) is 10.3 Å². The molecule has 2 aromatic rings. The van der Waals surface area contributed by atoms with Crippen LogP contribution in [0.4, 0.5) is 10.5 Å². The molecular weight excluding hydrogens is 294 g/mol. The molecule has 23 heavy (non-hydrogen) atoms. The molecule has 2 amide bonds. The molecule has 1 aromatic carbocycles. The third kappa shape index (κ3) is 4.45. The molecule has 6 nitrogen and oxygen atoms in total. The number of nitrogens with zero attached hydrogens (tertiary/aromatic N) is 2. The summed E-state index contributed by atoms with van der Waals surface area (Å²) in [6.45, 7) is 8.31. The van der Waals surface area contributed by atoms with Crippen molar-refractivity contribution in [3.05, 3.63) is 24.1 Å². The highest BCUT2D eigenvalue weighted by Crippen LogP contribution is 2.27. The van der Waals surface area contributed by atoms with Crippen LogP contribution in [0.25, 0.3) is 11.1 Å². The number of nitrogens with one attached hydrogen (secondary N) is 1. The van der Waals surface area contributed by atoms with E-state index in [9.17, 15) is 9.90 Å². The Balaban J connectivity index is 2.10. The lowest BCUT2D eigenvalue weighted by atomic mass is 9.97. The van der Waals surface area contributed by atoms with Crippen molar-refractivity contribution in [1.82, 2.24) is 9.88 Å². The smallest absolute Gasteiger partial charge is 0.321 e. The molecule has 0 saturated carbocycles. The zero-order valence-corrected chi connectivity index (χ0v) is 14.4. The van der Waals surface area contributed by atoms with Gasteiger partial charge in [0, 0.05) is 24.7 Å². The monoisotopic (exact) mass is 319 g/mol. The number of urea groups is 1. The van der Waals surface area contributed by atoms with Gasteiger partial charge in [-0.1, -0.05) is 20.8 Å². The number of anilines is 1. The van der Waals surface area contributed by atoms with Crippen molar-refractivity contribution in [3.63, 3.8) is 0 Å². The zero-order chi connectivity index (χ0) is 17.2. The normalized spacial score (nSPS) is 13.1. The van der Waals surface area contributed by atoms with Gasteiger partial charge >= 0.3 is 6.03 Å². The van der Waals surface area contributed by atoms with Gasteiger partial charge in [0.1, 0.15) is 5.52 Å². The van der Waals surface area contributed by atoms with Crippen LogP contribution in [0.3, 0.4) is 0 Å². The summed E-state index contributed by atoms with van der Waals surface area (Å²) in [5.41, 5.74) is 1.93. The lowest BCUT2D eigenvalue weighted by molar-refractivity contribution is 0.167. The van der Waals surface area contributed by atoms with Crippen LogP contribution in [-0.4, -0.2) is 40.7 Å². The van der Waals surface area contributed by atoms with E-state index in [4.69, 9.17) is 4.42 Å². The molecule has 0 aliphatic heterocycles. The molecule has 0 saturated heterocycles. The van der Waals surface area contributed by atoms with Crippen molar-refractivity contribution in [3.8, 4) is 0 Å². The summed E-state index contributed by atoms with van der Waals surface area (Å²) in [6, 6.07) is 5.18. The minimum atomic E-state index is -0.424. The van der Waals surface area contributed by atoms with E-state index >= 15 is 0 Å². The number of aliphatic hydroxyl groups excluding tert-OH is 1. The third-order valence-corrected chi connectivity index (χ3v) is 3.51. The first kappa shape index (κ1) is 17.3. The van der Waals surface area contributed by atoms with Gasteiger partial charge in [-0.05, 0) is 31.5 Å². The van der Waals surface area contributed by atoms with E-state index in [0.29, 0.717) is 30.1 Å². The maximum Gasteiger partial charge on any atom is 0.321 e. The highest BCUT2D eigenvalue weighted by molar-refractivity contribution is 5.91. The number of hydrogen-bond donors (Lipinski definition) is 2. The molecule has 0 spiro atoms. The predicted molar refractivity (Wildman–Crippen MR) is 90.7 cm³/mol. The topological polar surface area (TPSA) is 78.6 Å². The second-order valence-electron chi connectivity index (χ2n) is 6.94. The van der Waals surface area contributed by atoms with Crippen LogP contribution < -0.4 is 5.32 Å². The Kier molecular flexibility index (Phi) is 4.94. The SMILES string of the molecule is CC(O)CCN(C)C(=O)Nc1ccc2oc(C(C)(C)C)nc2c1. The first-order chi connectivity index (χ1) is 10.7. The maximum absolute atomic E-state index is 12.1. The minimum absolute atomic E-state index is 0.163. The van der Waals surface area contributed by atoms with Gasteiger partial charge in [0.2, 0.25) is 5.89 Å². The van der Waals surface area contributed by atoms with Crippen molar-refractivity contribution in [2.75, 3.05) is 18.9 Å². The number of fused-ring (bicyclic) bond motifs is 1. The van der Waals surface area contributed by atoms with E-state index in [1.54, 1.807) is 31.0 Å². The molecule has 6 heteroatoms. The fraction of sp³-hybridized carbons (Fsp3) is 0.529. The van der Waals surface area contributed by atoms with Crippen LogP contribution in [0.2, 0.25) is 0 Å². The number of oxazole rings is 1. The molecule has 0 bridgehead atoms. The van der Waals surface area contributed by atoms with Crippen LogP contribution in [0.1, 0.15) is 40.0 Å². The molecular formula is C17H25N3O3. The first-order valence-electron chi connectivity index (χ1n) is 7.78. The van der Waals surface area contributed by atoms with E-state index in [1.165, 1.54) is 0 Å². The average Bonchev–Trinajstić information content (AvgIpc) is 2.87. The average molecular weight is 319 g/mol. The van der Waals surface area contributed by atoms with E-state index in [1.807, 2.05) is 26.8 Å². The molecule has 1 aromatic heterocycles. The number of aromatic nitrogens is 1. The minimum Gasteiger partial charge on any atom is -0.440 e. The molecule has 126 valence electrons. The summed E-state index contributed by atoms with van der Waals surface area (Å²) < 4.78 is 5.74. The van der Waals surface area contributed by atoms with Crippen LogP contribution in [0.5, 0.6) is 0 Å². The molecule has 2 N–H and O–H groups in total. The summed E-state index contributed by atoms with van der Waals surface area (Å²) in [5, 5.41) is 12.1. The maximum atomic E-state index is 12.1. The predicted octanol–water partition coefficient (Wildman–Crippen LogP) is 3.36. The Morgan fingerprint density at radius 1 is 1.43 bits per heavy atom. The van der Waals surface area contributed by atoms with Gasteiger partial charge in [-0.15, -0.1) is 0 Å². The molecule has 0 aliphatic carbocycles. The summed E-state index contributed by atoms with van der Waals surface area (Å²) in [5.74, 6) is 0.671. The Morgan fingerprint density at radius 2 is 2.13 bits per heavy atom. The van der Waals surface area contributed by atoms with E-state index < -0.39 is 6.10 Å². The number of aliphatic hydroxyl groups is 1. The Bertz CT molecular complexity index is 686. The summed E-state index contributed by atoms with van der Waals surface area (Å²) in [4.78, 5) is 18.1. The largest absolute Gasteiger partial charge is 0.440 e. The molecule has 0 fully saturated rings. The van der Waals surface area contributed by atoms with E-state index in [0.717, 1.165) is 5.52 Å². The van der Waals surface area contributed by atoms with Crippen LogP contribution in [-0.2, 0) is 5.41 Å². The number of benzene rings is 1. The number of carbonyl (C=O) groups is 1. The number of hydrogen-bond acceptors (Lipinski definition) is 4. The summed E-state index contributed by atoms with van der Waals surface area (Å²) >= 11 is 0. The fourth-order valence-electron chi connectivity index (χ4n) is 2.03. The van der Waals surface area contributed by atoms with Crippen LogP contribution in [0, 0.1) is 0 Å². The van der Waals surface area contributed by atoms with Gasteiger partial charge in [-0.3, -0.25) is 0 Å². The van der Waals surface area contributed by atoms with Crippen LogP contribution in [0.15, 0.2) is 22.6 Å². The van der Waals surface area contributed by atoms with Crippen molar-refractivity contribution < 1.29 is 14.3 Å². The highest BCUT2D eigenvalue weighted by atomic mass is 16.3. The van der Waals surface area contributed by atoms with Gasteiger partial charge in [-0.25, -0.2) is 9.78 Å². The molecule has 2 rings (SSSR count). The highest BCUT2D eigenvalue weighted by Gasteiger charge is 2.21. The van der Waals surface area contributed by atoms with E-state index in [-0.39, 0.29) is 11.4 Å². The van der Waals surface area contributed by atoms with Crippen molar-refractivity contribution in [2.24, 2.45) is 0 Å². The Morgan fingerprint density at radius 3 is 2.74 bits per heavy atom. The summed E-state index contributed by atoms with van der Waals surface area (Å²) in [7, 11) is 1.70. The first-order valence-corrected chi connectivity index (χ1v) is 7.78. The standard InChI is InChI=1S/C17H25N3O3/c1-11(21)8-9-20(5)16(22)18-12-6-7-14-13(10-12)19-15(23-14)17(2,3)4/h6-7,10-11,21H,8-9H2,1-5H3,(H,18,22). The molecule has 1 atom stereocenters. The Hall–Kier alpha value is -2.08. The van der Waals surface area contributed by atoms with Gasteiger partial charge in [0.15, 0.2) is 5.58 Å². The lowest BCUT2D eigenvalue weighted by Gasteiger charge is -2.18. The quantitative estimate of drug-likeness (QED) is 0.905. The zero-order valence-electron chi connectivity index (χ0n) is 14.4. The molecule has 1 unspecified atom stereocenters. The van der Waals surface area contributed by atoms with Crippen molar-refractivity contribution in [2.45, 2.75) is 45.6 Å². The van der Waals surface area contributed by atoms with Crippen molar-refractivity contribution >= 4 is 22.8 Å². The number of carbonyl (C=O) groups excluding carboxylic acids is 1. The lowest BCUT2D eigenvalue weighted by Crippen LogP contribution is -2.33. The van der Waals surface area contributed by atoms with Crippen molar-refractivity contribution in [1.29, 1.82) is 0 Å². The Labute approximate surface area is 136 Å². The fourth-order valence-corrected chi connectivity index (χ4v) is 2.03. The van der Waals surface area contributed by atoms with Gasteiger partial charge in [-0.2, -0.15) is 0 Å². The van der Waals surface area contributed by atoms with Crippen LogP contribution >= 0.6 is 0 Å². The number of rotatable bonds is 4. The molecule has 0 aliphatic rings. The summed E-state index contributed by atoms with van der Waals surface area (Å²) in [6.07, 6.45) is 0.119. The molecule has 1 heterocycles. The number of amides is 2. The second-order valence-corrected chi connectivity index (χ2v) is 6.94. The third-order valence-electron chi connectivity index (χ3n) is 3.51. The van der Waals surface area contributed by atoms with Gasteiger partial charge < -0.3 is 19.7 Å². The molecule has 0 radical (unpaired) electrons. The van der Waals surface area contributed by atoms with Gasteiger partial charge in [0.05, 0.1) is 6.10 Å². The second kappa shape index (κ2) is 6.58.